The van der Waals surface area contributed by atoms with Gasteiger partial charge in [0.15, 0.2) is 11.7 Å². The Morgan fingerprint density at radius 3 is 2.57 bits per heavy atom. The Bertz CT molecular complexity index is 587. The summed E-state index contributed by atoms with van der Waals surface area (Å²) in [5.41, 5.74) is 7.45. The quantitative estimate of drug-likeness (QED) is 0.472. The molecule has 0 aliphatic rings. The predicted octanol–water partition coefficient (Wildman–Crippen LogP) is 3.16. The van der Waals surface area contributed by atoms with Crippen LogP contribution in [0.4, 0.5) is 0 Å². The average molecular weight is 400 g/mol. The van der Waals surface area contributed by atoms with Crippen LogP contribution in [0.2, 0.25) is 0 Å². The molecular weight excluding hydrogens is 379 g/mol. The number of hydrogen-bond donors (Lipinski definition) is 2. The highest BCUT2D eigenvalue weighted by atomic mass is 127. The van der Waals surface area contributed by atoms with Crippen LogP contribution >= 0.6 is 24.0 Å². The monoisotopic (exact) mass is 400 g/mol. The molecule has 0 saturated carbocycles. The number of aliphatic imine (C=N–C) groups is 1. The number of aromatic nitrogens is 1. The minimum atomic E-state index is -0.105. The number of nitrogens with two attached hydrogens (primary N) is 1. The molecule has 0 fully saturated rings. The number of halogens is 1. The molecule has 2 rings (SSSR count). The molecule has 2 aromatic rings. The third-order valence-electron chi connectivity index (χ3n) is 2.53. The third kappa shape index (κ3) is 5.74. The molecule has 1 aromatic heterocycles. The van der Waals surface area contributed by atoms with Crippen LogP contribution in [0.3, 0.4) is 0 Å². The molecule has 0 amide bonds. The van der Waals surface area contributed by atoms with E-state index in [1.54, 1.807) is 0 Å². The van der Waals surface area contributed by atoms with Gasteiger partial charge in [-0.2, -0.15) is 0 Å². The molecule has 21 heavy (non-hydrogen) atoms. The number of guanidine groups is 1. The van der Waals surface area contributed by atoms with Gasteiger partial charge < -0.3 is 15.6 Å². The fourth-order valence-electron chi connectivity index (χ4n) is 1.71. The van der Waals surface area contributed by atoms with Gasteiger partial charge in [0.2, 0.25) is 0 Å². The minimum absolute atomic E-state index is 0. The smallest absolute Gasteiger partial charge is 0.189 e. The number of nitrogens with zero attached hydrogens (tertiary/aromatic N) is 2. The van der Waals surface area contributed by atoms with Gasteiger partial charge >= 0.3 is 0 Å². The predicted molar refractivity (Wildman–Crippen MR) is 95.6 cm³/mol. The van der Waals surface area contributed by atoms with Crippen LogP contribution < -0.4 is 11.1 Å². The zero-order valence-electron chi connectivity index (χ0n) is 12.5. The molecule has 0 saturated heterocycles. The van der Waals surface area contributed by atoms with Crippen LogP contribution in [0.5, 0.6) is 0 Å². The van der Waals surface area contributed by atoms with Gasteiger partial charge in [0.05, 0.1) is 6.54 Å². The molecule has 5 nitrogen and oxygen atoms in total. The van der Waals surface area contributed by atoms with Gasteiger partial charge in [-0.3, -0.25) is 0 Å². The van der Waals surface area contributed by atoms with E-state index >= 15 is 0 Å². The Morgan fingerprint density at radius 1 is 1.29 bits per heavy atom. The molecule has 0 spiro atoms. The van der Waals surface area contributed by atoms with Crippen molar-refractivity contribution in [2.45, 2.75) is 32.9 Å². The van der Waals surface area contributed by atoms with E-state index in [2.05, 4.69) is 15.5 Å². The summed E-state index contributed by atoms with van der Waals surface area (Å²) in [6.45, 7) is 6.47. The van der Waals surface area contributed by atoms with Crippen LogP contribution in [0.25, 0.3) is 11.3 Å². The lowest BCUT2D eigenvalue weighted by atomic mass is 10.1. The average Bonchev–Trinajstić information content (AvgIpc) is 2.84. The van der Waals surface area contributed by atoms with Gasteiger partial charge in [-0.25, -0.2) is 4.99 Å². The molecule has 3 N–H and O–H groups in total. The largest absolute Gasteiger partial charge is 0.370 e. The lowest BCUT2D eigenvalue weighted by molar-refractivity contribution is 0.424. The van der Waals surface area contributed by atoms with Crippen molar-refractivity contribution in [3.63, 3.8) is 0 Å². The Balaban J connectivity index is 0.00000220. The lowest BCUT2D eigenvalue weighted by Crippen LogP contribution is -2.44. The first-order chi connectivity index (χ1) is 9.44. The van der Waals surface area contributed by atoms with Crippen molar-refractivity contribution in [3.05, 3.63) is 42.1 Å². The Kier molecular flexibility index (Phi) is 6.19. The maximum atomic E-state index is 5.81. The van der Waals surface area contributed by atoms with Crippen molar-refractivity contribution in [2.24, 2.45) is 10.7 Å². The standard InChI is InChI=1S/C15H20N4O.HI/c1-15(2,3)18-14(16)17-10-12-9-13(20-19-12)11-7-5-4-6-8-11;/h4-9H,10H2,1-3H3,(H3,16,17,18);1H. The molecule has 0 unspecified atom stereocenters. The van der Waals surface area contributed by atoms with E-state index in [1.807, 2.05) is 57.2 Å². The van der Waals surface area contributed by atoms with Crippen molar-refractivity contribution in [1.82, 2.24) is 10.5 Å². The summed E-state index contributed by atoms with van der Waals surface area (Å²) >= 11 is 0. The van der Waals surface area contributed by atoms with Crippen molar-refractivity contribution in [3.8, 4) is 11.3 Å². The highest BCUT2D eigenvalue weighted by Crippen LogP contribution is 2.19. The summed E-state index contributed by atoms with van der Waals surface area (Å²) in [5, 5.41) is 7.09. The van der Waals surface area contributed by atoms with Gasteiger partial charge in [-0.1, -0.05) is 35.5 Å². The summed E-state index contributed by atoms with van der Waals surface area (Å²) in [5.74, 6) is 1.14. The van der Waals surface area contributed by atoms with Gasteiger partial charge in [-0.15, -0.1) is 24.0 Å². The Labute approximate surface area is 142 Å². The van der Waals surface area contributed by atoms with Crippen LogP contribution in [-0.2, 0) is 6.54 Å². The number of benzene rings is 1. The summed E-state index contributed by atoms with van der Waals surface area (Å²) in [7, 11) is 0. The van der Waals surface area contributed by atoms with E-state index in [4.69, 9.17) is 10.3 Å². The summed E-state index contributed by atoms with van der Waals surface area (Å²) < 4.78 is 5.30. The number of rotatable bonds is 3. The highest BCUT2D eigenvalue weighted by Gasteiger charge is 2.10. The minimum Gasteiger partial charge on any atom is -0.370 e. The fraction of sp³-hybridized carbons (Fsp3) is 0.333. The molecule has 0 bridgehead atoms. The van der Waals surface area contributed by atoms with Crippen molar-refractivity contribution in [2.75, 3.05) is 0 Å². The first-order valence-electron chi connectivity index (χ1n) is 6.53. The second-order valence-corrected chi connectivity index (χ2v) is 5.62. The van der Waals surface area contributed by atoms with E-state index in [9.17, 15) is 0 Å². The molecule has 6 heteroatoms. The molecule has 1 aromatic carbocycles. The van der Waals surface area contributed by atoms with Gasteiger partial charge in [0.1, 0.15) is 5.69 Å². The fourth-order valence-corrected chi connectivity index (χ4v) is 1.71. The maximum absolute atomic E-state index is 5.81. The van der Waals surface area contributed by atoms with Gasteiger partial charge in [0.25, 0.3) is 0 Å². The van der Waals surface area contributed by atoms with E-state index in [1.165, 1.54) is 0 Å². The molecular formula is C15H21IN4O. The Morgan fingerprint density at radius 2 is 1.95 bits per heavy atom. The molecule has 0 aliphatic carbocycles. The van der Waals surface area contributed by atoms with Crippen LogP contribution in [0.1, 0.15) is 26.5 Å². The summed E-state index contributed by atoms with van der Waals surface area (Å²) in [6, 6.07) is 11.7. The van der Waals surface area contributed by atoms with Crippen molar-refractivity contribution < 1.29 is 4.52 Å². The number of nitrogens with one attached hydrogen (secondary N) is 1. The summed E-state index contributed by atoms with van der Waals surface area (Å²) in [6.07, 6.45) is 0. The lowest BCUT2D eigenvalue weighted by Gasteiger charge is -2.20. The normalized spacial score (nSPS) is 11.9. The highest BCUT2D eigenvalue weighted by molar-refractivity contribution is 14.0. The van der Waals surface area contributed by atoms with Crippen LogP contribution in [-0.4, -0.2) is 16.7 Å². The molecule has 0 aliphatic heterocycles. The van der Waals surface area contributed by atoms with Crippen molar-refractivity contribution in [1.29, 1.82) is 0 Å². The first kappa shape index (κ1) is 17.5. The molecule has 0 radical (unpaired) electrons. The summed E-state index contributed by atoms with van der Waals surface area (Å²) in [4.78, 5) is 4.25. The maximum Gasteiger partial charge on any atom is 0.189 e. The molecule has 114 valence electrons. The first-order valence-corrected chi connectivity index (χ1v) is 6.53. The van der Waals surface area contributed by atoms with E-state index in [0.29, 0.717) is 12.5 Å². The van der Waals surface area contributed by atoms with E-state index in [-0.39, 0.29) is 29.5 Å². The second kappa shape index (κ2) is 7.44. The van der Waals surface area contributed by atoms with Crippen LogP contribution in [0.15, 0.2) is 45.9 Å². The van der Waals surface area contributed by atoms with Crippen molar-refractivity contribution >= 4 is 29.9 Å². The second-order valence-electron chi connectivity index (χ2n) is 5.62. The molecule has 1 heterocycles. The Hall–Kier alpha value is -1.57. The topological polar surface area (TPSA) is 76.4 Å². The zero-order valence-corrected chi connectivity index (χ0v) is 14.8. The zero-order chi connectivity index (χ0) is 14.6. The van der Waals surface area contributed by atoms with E-state index < -0.39 is 0 Å². The number of hydrogen-bond acceptors (Lipinski definition) is 3. The molecule has 0 atom stereocenters. The third-order valence-corrected chi connectivity index (χ3v) is 2.53. The van der Waals surface area contributed by atoms with E-state index in [0.717, 1.165) is 17.0 Å². The van der Waals surface area contributed by atoms with Crippen LogP contribution in [0, 0.1) is 0 Å². The van der Waals surface area contributed by atoms with Gasteiger partial charge in [-0.05, 0) is 20.8 Å². The SMILES string of the molecule is CC(C)(C)NC(N)=NCc1cc(-c2ccccc2)on1.I. The van der Waals surface area contributed by atoms with Gasteiger partial charge in [0, 0.05) is 17.2 Å².